The summed E-state index contributed by atoms with van der Waals surface area (Å²) < 4.78 is 0. The Kier molecular flexibility index (Phi) is 4.24. The van der Waals surface area contributed by atoms with Crippen LogP contribution in [0.5, 0.6) is 0 Å². The highest BCUT2D eigenvalue weighted by atomic mass is 35.5. The summed E-state index contributed by atoms with van der Waals surface area (Å²) in [5.41, 5.74) is 0.787. The van der Waals surface area contributed by atoms with Crippen molar-refractivity contribution in [2.75, 3.05) is 25.0 Å². The summed E-state index contributed by atoms with van der Waals surface area (Å²) in [5.74, 6) is 0.00349. The predicted molar refractivity (Wildman–Crippen MR) is 81.1 cm³/mol. The second kappa shape index (κ2) is 6.12. The van der Waals surface area contributed by atoms with E-state index in [1.54, 1.807) is 12.1 Å². The quantitative estimate of drug-likeness (QED) is 0.894. The number of amides is 1. The number of hydrogen-bond acceptors (Lipinski definition) is 3. The number of carbonyl (C=O) groups is 1. The Morgan fingerprint density at radius 2 is 2.05 bits per heavy atom. The van der Waals surface area contributed by atoms with E-state index in [1.165, 1.54) is 25.9 Å². The van der Waals surface area contributed by atoms with Gasteiger partial charge in [0.05, 0.1) is 6.54 Å². The highest BCUT2D eigenvalue weighted by Crippen LogP contribution is 2.27. The van der Waals surface area contributed by atoms with Crippen LogP contribution in [0.25, 0.3) is 0 Å². The minimum Gasteiger partial charge on any atom is -0.325 e. The van der Waals surface area contributed by atoms with Gasteiger partial charge in [-0.1, -0.05) is 11.6 Å². The van der Waals surface area contributed by atoms with E-state index in [-0.39, 0.29) is 5.91 Å². The van der Waals surface area contributed by atoms with Crippen molar-refractivity contribution in [1.29, 1.82) is 0 Å². The van der Waals surface area contributed by atoms with Crippen LogP contribution in [0, 0.1) is 0 Å². The van der Waals surface area contributed by atoms with Crippen LogP contribution in [0.3, 0.4) is 0 Å². The molecule has 2 unspecified atom stereocenters. The number of anilines is 1. The molecule has 2 saturated heterocycles. The molecule has 0 radical (unpaired) electrons. The zero-order valence-corrected chi connectivity index (χ0v) is 12.2. The summed E-state index contributed by atoms with van der Waals surface area (Å²) in [6.45, 7) is 2.76. The standard InChI is InChI=1S/C15H20ClN3O/c16-11-3-5-12(6-4-11)18-15(20)10-17-13-7-9-19-8-1-2-14(13)19/h3-6,13-14,17H,1-2,7-10H2,(H,18,20). The van der Waals surface area contributed by atoms with E-state index >= 15 is 0 Å². The molecule has 1 amide bonds. The summed E-state index contributed by atoms with van der Waals surface area (Å²) in [7, 11) is 0. The second-order valence-corrected chi connectivity index (χ2v) is 6.01. The van der Waals surface area contributed by atoms with Gasteiger partial charge >= 0.3 is 0 Å². The smallest absolute Gasteiger partial charge is 0.238 e. The number of benzene rings is 1. The molecule has 3 rings (SSSR count). The molecule has 0 aliphatic carbocycles. The Labute approximate surface area is 124 Å². The summed E-state index contributed by atoms with van der Waals surface area (Å²) in [4.78, 5) is 14.5. The van der Waals surface area contributed by atoms with Crippen LogP contribution in [0.1, 0.15) is 19.3 Å². The number of carbonyl (C=O) groups excluding carboxylic acids is 1. The van der Waals surface area contributed by atoms with Crippen LogP contribution in [0.2, 0.25) is 5.02 Å². The van der Waals surface area contributed by atoms with Gasteiger partial charge in [-0.05, 0) is 50.1 Å². The minimum atomic E-state index is 0.00349. The number of halogens is 1. The number of nitrogens with one attached hydrogen (secondary N) is 2. The van der Waals surface area contributed by atoms with Gasteiger partial charge in [0, 0.05) is 29.3 Å². The maximum absolute atomic E-state index is 11.9. The lowest BCUT2D eigenvalue weighted by molar-refractivity contribution is -0.115. The maximum Gasteiger partial charge on any atom is 0.238 e. The largest absolute Gasteiger partial charge is 0.325 e. The molecule has 0 aromatic heterocycles. The van der Waals surface area contributed by atoms with Crippen molar-refractivity contribution in [2.45, 2.75) is 31.3 Å². The van der Waals surface area contributed by atoms with Crippen molar-refractivity contribution in [1.82, 2.24) is 10.2 Å². The van der Waals surface area contributed by atoms with E-state index in [1.807, 2.05) is 12.1 Å². The molecule has 4 nitrogen and oxygen atoms in total. The van der Waals surface area contributed by atoms with Crippen molar-refractivity contribution in [2.24, 2.45) is 0 Å². The summed E-state index contributed by atoms with van der Waals surface area (Å²) in [6, 6.07) is 8.28. The van der Waals surface area contributed by atoms with Gasteiger partial charge in [0.25, 0.3) is 0 Å². The van der Waals surface area contributed by atoms with Crippen molar-refractivity contribution in [3.63, 3.8) is 0 Å². The number of fused-ring (bicyclic) bond motifs is 1. The van der Waals surface area contributed by atoms with E-state index < -0.39 is 0 Å². The molecular weight excluding hydrogens is 274 g/mol. The zero-order valence-electron chi connectivity index (χ0n) is 11.4. The van der Waals surface area contributed by atoms with Gasteiger partial charge in [0.15, 0.2) is 0 Å². The molecule has 5 heteroatoms. The lowest BCUT2D eigenvalue weighted by atomic mass is 10.1. The van der Waals surface area contributed by atoms with Gasteiger partial charge in [-0.25, -0.2) is 0 Å². The van der Waals surface area contributed by atoms with Gasteiger partial charge in [-0.2, -0.15) is 0 Å². The minimum absolute atomic E-state index is 0.00349. The Morgan fingerprint density at radius 3 is 2.85 bits per heavy atom. The fourth-order valence-corrected chi connectivity index (χ4v) is 3.41. The summed E-state index contributed by atoms with van der Waals surface area (Å²) >= 11 is 5.82. The van der Waals surface area contributed by atoms with E-state index in [4.69, 9.17) is 11.6 Å². The highest BCUT2D eigenvalue weighted by molar-refractivity contribution is 6.30. The van der Waals surface area contributed by atoms with Crippen LogP contribution in [0.15, 0.2) is 24.3 Å². The second-order valence-electron chi connectivity index (χ2n) is 5.58. The van der Waals surface area contributed by atoms with Crippen LogP contribution in [-0.4, -0.2) is 42.5 Å². The van der Waals surface area contributed by atoms with Crippen molar-refractivity contribution < 1.29 is 4.79 Å². The van der Waals surface area contributed by atoms with Crippen LogP contribution < -0.4 is 10.6 Å². The molecule has 2 heterocycles. The fraction of sp³-hybridized carbons (Fsp3) is 0.533. The molecule has 1 aromatic carbocycles. The van der Waals surface area contributed by atoms with Crippen molar-refractivity contribution >= 4 is 23.2 Å². The zero-order chi connectivity index (χ0) is 13.9. The van der Waals surface area contributed by atoms with E-state index in [0.29, 0.717) is 23.7 Å². The van der Waals surface area contributed by atoms with Gasteiger partial charge in [0.1, 0.15) is 0 Å². The van der Waals surface area contributed by atoms with Gasteiger partial charge < -0.3 is 10.6 Å². The van der Waals surface area contributed by atoms with Gasteiger partial charge in [0.2, 0.25) is 5.91 Å². The topological polar surface area (TPSA) is 44.4 Å². The molecule has 2 fully saturated rings. The molecule has 1 aromatic rings. The lowest BCUT2D eigenvalue weighted by Crippen LogP contribution is -2.42. The van der Waals surface area contributed by atoms with Crippen molar-refractivity contribution in [3.8, 4) is 0 Å². The van der Waals surface area contributed by atoms with Crippen molar-refractivity contribution in [3.05, 3.63) is 29.3 Å². The molecular formula is C15H20ClN3O. The SMILES string of the molecule is O=C(CNC1CCN2CCCC12)Nc1ccc(Cl)cc1. The Morgan fingerprint density at radius 1 is 1.25 bits per heavy atom. The summed E-state index contributed by atoms with van der Waals surface area (Å²) in [6.07, 6.45) is 3.70. The molecule has 2 aliphatic heterocycles. The number of hydrogen-bond donors (Lipinski definition) is 2. The predicted octanol–water partition coefficient (Wildman–Crippen LogP) is 2.10. The molecule has 2 N–H and O–H groups in total. The monoisotopic (exact) mass is 293 g/mol. The first-order valence-electron chi connectivity index (χ1n) is 7.25. The normalized spacial score (nSPS) is 25.6. The Balaban J connectivity index is 1.46. The molecule has 108 valence electrons. The average molecular weight is 294 g/mol. The number of rotatable bonds is 4. The molecule has 0 spiro atoms. The molecule has 20 heavy (non-hydrogen) atoms. The number of nitrogens with zero attached hydrogens (tertiary/aromatic N) is 1. The van der Waals surface area contributed by atoms with Gasteiger partial charge in [-0.15, -0.1) is 0 Å². The van der Waals surface area contributed by atoms with E-state index in [9.17, 15) is 4.79 Å². The summed E-state index contributed by atoms with van der Waals surface area (Å²) in [5, 5.41) is 6.96. The van der Waals surface area contributed by atoms with E-state index in [0.717, 1.165) is 12.1 Å². The third-order valence-corrected chi connectivity index (χ3v) is 4.51. The lowest BCUT2D eigenvalue weighted by Gasteiger charge is -2.21. The highest BCUT2D eigenvalue weighted by Gasteiger charge is 2.36. The first kappa shape index (κ1) is 13.9. The molecule has 2 atom stereocenters. The molecule has 0 bridgehead atoms. The van der Waals surface area contributed by atoms with E-state index in [2.05, 4.69) is 15.5 Å². The third kappa shape index (κ3) is 3.14. The Hall–Kier alpha value is -1.10. The maximum atomic E-state index is 11.9. The van der Waals surface area contributed by atoms with Gasteiger partial charge in [-0.3, -0.25) is 9.69 Å². The first-order valence-corrected chi connectivity index (χ1v) is 7.63. The van der Waals surface area contributed by atoms with Crippen LogP contribution in [0.4, 0.5) is 5.69 Å². The fourth-order valence-electron chi connectivity index (χ4n) is 3.28. The molecule has 2 aliphatic rings. The molecule has 0 saturated carbocycles. The van der Waals surface area contributed by atoms with Crippen LogP contribution in [-0.2, 0) is 4.79 Å². The Bertz CT molecular complexity index is 477. The third-order valence-electron chi connectivity index (χ3n) is 4.26. The van der Waals surface area contributed by atoms with Crippen LogP contribution >= 0.6 is 11.6 Å². The first-order chi connectivity index (χ1) is 9.72. The average Bonchev–Trinajstić information content (AvgIpc) is 3.02.